The van der Waals surface area contributed by atoms with Crippen LogP contribution in [0.4, 0.5) is 5.69 Å². The molecule has 3 aromatic rings. The van der Waals surface area contributed by atoms with Crippen molar-refractivity contribution in [2.75, 3.05) is 17.4 Å². The first-order valence-corrected chi connectivity index (χ1v) is 14.8. The standard InChI is InChI=1S/C30H36ClN3O4S/c1-5-6-18-32-30(36)24(4)33(20-25-13-11-14-26(31)19-25)29(35)21-34(28-17-10-12-22(2)23(28)3)39(37,38)27-15-8-7-9-16-27/h7-17,19,24H,5-6,18,20-21H2,1-4H3,(H,32,36)/t24-/m1/s1. The van der Waals surface area contributed by atoms with Gasteiger partial charge in [0.25, 0.3) is 10.0 Å². The molecule has 0 saturated heterocycles. The molecule has 0 heterocycles. The van der Waals surface area contributed by atoms with Gasteiger partial charge < -0.3 is 10.2 Å². The van der Waals surface area contributed by atoms with Crippen molar-refractivity contribution >= 4 is 39.1 Å². The zero-order valence-electron chi connectivity index (χ0n) is 22.9. The molecule has 0 radical (unpaired) electrons. The van der Waals surface area contributed by atoms with Crippen molar-refractivity contribution in [2.24, 2.45) is 0 Å². The van der Waals surface area contributed by atoms with Crippen LogP contribution in [0, 0.1) is 13.8 Å². The molecule has 0 bridgehead atoms. The van der Waals surface area contributed by atoms with Gasteiger partial charge in [-0.1, -0.05) is 67.4 Å². The molecule has 0 unspecified atom stereocenters. The minimum atomic E-state index is -4.10. The number of aryl methyl sites for hydroxylation is 1. The third kappa shape index (κ3) is 7.61. The smallest absolute Gasteiger partial charge is 0.264 e. The van der Waals surface area contributed by atoms with E-state index in [0.29, 0.717) is 17.3 Å². The minimum absolute atomic E-state index is 0.0745. The average molecular weight is 570 g/mol. The quantitative estimate of drug-likeness (QED) is 0.292. The van der Waals surface area contributed by atoms with Crippen molar-refractivity contribution in [2.45, 2.75) is 58.0 Å². The van der Waals surface area contributed by atoms with Gasteiger partial charge in [-0.3, -0.25) is 13.9 Å². The highest BCUT2D eigenvalue weighted by molar-refractivity contribution is 7.92. The fourth-order valence-electron chi connectivity index (χ4n) is 4.19. The van der Waals surface area contributed by atoms with Crippen molar-refractivity contribution in [3.8, 4) is 0 Å². The topological polar surface area (TPSA) is 86.8 Å². The predicted octanol–water partition coefficient (Wildman–Crippen LogP) is 5.49. The molecule has 9 heteroatoms. The second kappa shape index (κ2) is 13.6. The van der Waals surface area contributed by atoms with Gasteiger partial charge in [0.2, 0.25) is 11.8 Å². The minimum Gasteiger partial charge on any atom is -0.354 e. The SMILES string of the molecule is CCCCNC(=O)[C@@H](C)N(Cc1cccc(Cl)c1)C(=O)CN(c1cccc(C)c1C)S(=O)(=O)c1ccccc1. The fourth-order valence-corrected chi connectivity index (χ4v) is 5.90. The van der Waals surface area contributed by atoms with Gasteiger partial charge in [0.05, 0.1) is 10.6 Å². The lowest BCUT2D eigenvalue weighted by Gasteiger charge is -2.32. The lowest BCUT2D eigenvalue weighted by Crippen LogP contribution is -2.51. The summed E-state index contributed by atoms with van der Waals surface area (Å²) in [5, 5.41) is 3.39. The summed E-state index contributed by atoms with van der Waals surface area (Å²) in [4.78, 5) is 28.5. The number of hydrogen-bond acceptors (Lipinski definition) is 4. The maximum absolute atomic E-state index is 14.0. The second-order valence-corrected chi connectivity index (χ2v) is 11.8. The summed E-state index contributed by atoms with van der Waals surface area (Å²) >= 11 is 6.19. The van der Waals surface area contributed by atoms with Crippen LogP contribution >= 0.6 is 11.6 Å². The largest absolute Gasteiger partial charge is 0.354 e. The van der Waals surface area contributed by atoms with Crippen LogP contribution in [-0.4, -0.2) is 44.3 Å². The van der Waals surface area contributed by atoms with Gasteiger partial charge in [0.1, 0.15) is 12.6 Å². The first-order chi connectivity index (χ1) is 18.6. The Morgan fingerprint density at radius 3 is 2.33 bits per heavy atom. The molecule has 2 amide bonds. The number of anilines is 1. The van der Waals surface area contributed by atoms with E-state index in [4.69, 9.17) is 11.6 Å². The summed E-state index contributed by atoms with van der Waals surface area (Å²) in [6.45, 7) is 7.51. The van der Waals surface area contributed by atoms with Gasteiger partial charge in [0.15, 0.2) is 0 Å². The maximum atomic E-state index is 14.0. The van der Waals surface area contributed by atoms with E-state index in [9.17, 15) is 18.0 Å². The van der Waals surface area contributed by atoms with Crippen molar-refractivity contribution < 1.29 is 18.0 Å². The fraction of sp³-hybridized carbons (Fsp3) is 0.333. The number of carbonyl (C=O) groups is 2. The molecule has 0 aliphatic heterocycles. The molecule has 3 rings (SSSR count). The monoisotopic (exact) mass is 569 g/mol. The van der Waals surface area contributed by atoms with E-state index in [1.165, 1.54) is 17.0 Å². The molecule has 0 aliphatic carbocycles. The van der Waals surface area contributed by atoms with E-state index >= 15 is 0 Å². The van der Waals surface area contributed by atoms with Crippen molar-refractivity contribution in [3.05, 3.63) is 94.5 Å². The summed E-state index contributed by atoms with van der Waals surface area (Å²) in [6, 6.07) is 19.6. The first-order valence-electron chi connectivity index (χ1n) is 13.0. The number of nitrogens with zero attached hydrogens (tertiary/aromatic N) is 2. The van der Waals surface area contributed by atoms with Crippen molar-refractivity contribution in [1.29, 1.82) is 0 Å². The molecule has 7 nitrogen and oxygen atoms in total. The average Bonchev–Trinajstić information content (AvgIpc) is 2.92. The molecule has 0 aromatic heterocycles. The number of unbranched alkanes of at least 4 members (excludes halogenated alkanes) is 1. The Morgan fingerprint density at radius 1 is 0.974 bits per heavy atom. The summed E-state index contributed by atoms with van der Waals surface area (Å²) < 4.78 is 28.9. The summed E-state index contributed by atoms with van der Waals surface area (Å²) in [6.07, 6.45) is 1.73. The summed E-state index contributed by atoms with van der Waals surface area (Å²) in [5.74, 6) is -0.809. The maximum Gasteiger partial charge on any atom is 0.264 e. The molecule has 3 aromatic carbocycles. The van der Waals surface area contributed by atoms with Gasteiger partial charge in [-0.25, -0.2) is 8.42 Å². The Labute approximate surface area is 236 Å². The molecule has 0 aliphatic rings. The number of halogens is 1. The number of hydrogen-bond donors (Lipinski definition) is 1. The van der Waals surface area contributed by atoms with Crippen LogP contribution < -0.4 is 9.62 Å². The highest BCUT2D eigenvalue weighted by Gasteiger charge is 2.33. The van der Waals surface area contributed by atoms with Crippen LogP contribution in [0.1, 0.15) is 43.4 Å². The van der Waals surface area contributed by atoms with Crippen LogP contribution in [0.15, 0.2) is 77.7 Å². The zero-order chi connectivity index (χ0) is 28.6. The van der Waals surface area contributed by atoms with E-state index in [2.05, 4.69) is 5.32 Å². The highest BCUT2D eigenvalue weighted by atomic mass is 35.5. The molecule has 1 N–H and O–H groups in total. The van der Waals surface area contributed by atoms with E-state index in [1.807, 2.05) is 32.9 Å². The third-order valence-corrected chi connectivity index (χ3v) is 8.70. The summed E-state index contributed by atoms with van der Waals surface area (Å²) in [5.41, 5.74) is 2.78. The van der Waals surface area contributed by atoms with Gasteiger partial charge >= 0.3 is 0 Å². The van der Waals surface area contributed by atoms with Gasteiger partial charge in [0, 0.05) is 18.1 Å². The Kier molecular flexibility index (Phi) is 10.5. The van der Waals surface area contributed by atoms with Crippen molar-refractivity contribution in [1.82, 2.24) is 10.2 Å². The molecular formula is C30H36ClN3O4S. The molecule has 0 fully saturated rings. The van der Waals surface area contributed by atoms with Crippen LogP contribution in [0.3, 0.4) is 0 Å². The lowest BCUT2D eigenvalue weighted by atomic mass is 10.1. The molecule has 1 atom stereocenters. The summed E-state index contributed by atoms with van der Waals surface area (Å²) in [7, 11) is -4.10. The molecule has 208 valence electrons. The van der Waals surface area contributed by atoms with Crippen LogP contribution in [0.2, 0.25) is 5.02 Å². The molecule has 39 heavy (non-hydrogen) atoms. The Hall–Kier alpha value is -3.36. The third-order valence-electron chi connectivity index (χ3n) is 6.69. The van der Waals surface area contributed by atoms with Crippen LogP contribution in [0.5, 0.6) is 0 Å². The van der Waals surface area contributed by atoms with Gasteiger partial charge in [-0.2, -0.15) is 0 Å². The second-order valence-electron chi connectivity index (χ2n) is 9.52. The molecule has 0 saturated carbocycles. The normalized spacial score (nSPS) is 12.0. The highest BCUT2D eigenvalue weighted by Crippen LogP contribution is 2.29. The van der Waals surface area contributed by atoms with E-state index in [1.54, 1.807) is 55.5 Å². The van der Waals surface area contributed by atoms with Gasteiger partial charge in [-0.05, 0) is 74.2 Å². The number of sulfonamides is 1. The van der Waals surface area contributed by atoms with Gasteiger partial charge in [-0.15, -0.1) is 0 Å². The number of rotatable bonds is 12. The lowest BCUT2D eigenvalue weighted by molar-refractivity contribution is -0.139. The van der Waals surface area contributed by atoms with Crippen molar-refractivity contribution in [3.63, 3.8) is 0 Å². The number of benzene rings is 3. The Balaban J connectivity index is 2.03. The molecule has 0 spiro atoms. The predicted molar refractivity (Wildman–Crippen MR) is 156 cm³/mol. The first kappa shape index (κ1) is 30.2. The Bertz CT molecular complexity index is 1400. The Morgan fingerprint density at radius 2 is 1.67 bits per heavy atom. The van der Waals surface area contributed by atoms with E-state index in [-0.39, 0.29) is 17.3 Å². The number of amides is 2. The van der Waals surface area contributed by atoms with Crippen LogP contribution in [-0.2, 0) is 26.2 Å². The number of carbonyl (C=O) groups excluding carboxylic acids is 2. The van der Waals surface area contributed by atoms with Crippen LogP contribution in [0.25, 0.3) is 0 Å². The van der Waals surface area contributed by atoms with E-state index in [0.717, 1.165) is 33.8 Å². The molecular weight excluding hydrogens is 534 g/mol. The van der Waals surface area contributed by atoms with E-state index < -0.39 is 28.5 Å². The zero-order valence-corrected chi connectivity index (χ0v) is 24.4. The number of nitrogens with one attached hydrogen (secondary N) is 1.